The maximum atomic E-state index is 13.1. The number of pyridine rings is 1. The van der Waals surface area contributed by atoms with Crippen molar-refractivity contribution in [2.75, 3.05) is 5.73 Å². The third-order valence-corrected chi connectivity index (χ3v) is 5.35. The Morgan fingerprint density at radius 1 is 1.00 bits per heavy atom. The molecule has 0 saturated heterocycles. The van der Waals surface area contributed by atoms with Gasteiger partial charge in [-0.05, 0) is 16.8 Å². The van der Waals surface area contributed by atoms with Crippen molar-refractivity contribution in [2.24, 2.45) is 0 Å². The zero-order valence-corrected chi connectivity index (χ0v) is 15.3. The number of hydrogen-bond donors (Lipinski definition) is 3. The lowest BCUT2D eigenvalue weighted by Gasteiger charge is -2.05. The molecule has 27 heavy (non-hydrogen) atoms. The molecule has 0 amide bonds. The zero-order valence-electron chi connectivity index (χ0n) is 13.7. The number of aromatic carboxylic acids is 1. The van der Waals surface area contributed by atoms with Crippen molar-refractivity contribution in [3.63, 3.8) is 0 Å². The number of ketones is 1. The van der Waals surface area contributed by atoms with Crippen LogP contribution in [0, 0.1) is 0 Å². The number of aromatic amines is 1. The van der Waals surface area contributed by atoms with Gasteiger partial charge in [-0.15, -0.1) is 23.7 Å². The number of nitrogen functional groups attached to an aromatic ring is 1. The van der Waals surface area contributed by atoms with E-state index in [2.05, 4.69) is 4.98 Å². The number of nitrogens with two attached hydrogens (primary N) is 1. The Balaban J connectivity index is 0.00000210. The first-order chi connectivity index (χ1) is 12.5. The van der Waals surface area contributed by atoms with Gasteiger partial charge in [0.05, 0.1) is 5.69 Å². The molecule has 0 bridgehead atoms. The van der Waals surface area contributed by atoms with E-state index in [1.165, 1.54) is 6.07 Å². The Kier molecular flexibility index (Phi) is 4.73. The minimum Gasteiger partial charge on any atom is -0.477 e. The highest BCUT2D eigenvalue weighted by Crippen LogP contribution is 2.34. The van der Waals surface area contributed by atoms with Gasteiger partial charge in [-0.25, -0.2) is 4.79 Å². The van der Waals surface area contributed by atoms with Crippen molar-refractivity contribution in [2.45, 2.75) is 0 Å². The summed E-state index contributed by atoms with van der Waals surface area (Å²) >= 11 is 1.05. The van der Waals surface area contributed by atoms with E-state index in [1.54, 1.807) is 12.1 Å². The van der Waals surface area contributed by atoms with E-state index in [0.717, 1.165) is 22.1 Å². The van der Waals surface area contributed by atoms with E-state index in [9.17, 15) is 14.4 Å². The average molecular weight is 401 g/mol. The molecule has 4 N–H and O–H groups in total. The maximum Gasteiger partial charge on any atom is 0.341 e. The molecule has 0 aliphatic rings. The minimum absolute atomic E-state index is 0. The summed E-state index contributed by atoms with van der Waals surface area (Å²) in [6.07, 6.45) is 0. The summed E-state index contributed by atoms with van der Waals surface area (Å²) in [5.74, 6) is -1.61. The van der Waals surface area contributed by atoms with Crippen LogP contribution in [-0.4, -0.2) is 21.8 Å². The molecule has 6 nitrogen and oxygen atoms in total. The number of anilines is 1. The number of fused-ring (bicyclic) bond motifs is 2. The molecule has 0 saturated carbocycles. The summed E-state index contributed by atoms with van der Waals surface area (Å²) in [6, 6.07) is 14.2. The van der Waals surface area contributed by atoms with E-state index in [4.69, 9.17) is 10.8 Å². The maximum absolute atomic E-state index is 13.1. The van der Waals surface area contributed by atoms with Crippen LogP contribution in [0.5, 0.6) is 0 Å². The highest BCUT2D eigenvalue weighted by Gasteiger charge is 2.22. The van der Waals surface area contributed by atoms with Gasteiger partial charge in [0.2, 0.25) is 5.78 Å². The third kappa shape index (κ3) is 2.97. The van der Waals surface area contributed by atoms with Gasteiger partial charge in [0, 0.05) is 10.9 Å². The quantitative estimate of drug-likeness (QED) is 0.454. The number of H-pyrrole nitrogens is 1. The van der Waals surface area contributed by atoms with Crippen LogP contribution < -0.4 is 11.3 Å². The molecule has 2 aromatic carbocycles. The number of carboxylic acids is 1. The molecule has 0 aliphatic carbocycles. The molecular weight excluding hydrogens is 388 g/mol. The molecule has 0 spiro atoms. The van der Waals surface area contributed by atoms with E-state index in [0.29, 0.717) is 15.8 Å². The second kappa shape index (κ2) is 6.86. The highest BCUT2D eigenvalue weighted by atomic mass is 35.5. The second-order valence-electron chi connectivity index (χ2n) is 5.76. The summed E-state index contributed by atoms with van der Waals surface area (Å²) in [4.78, 5) is 39.2. The van der Waals surface area contributed by atoms with Crippen molar-refractivity contribution < 1.29 is 14.7 Å². The standard InChI is InChI=1S/C19H12N2O4S.ClH/c20-14-12-8-13(19(24)25)17(23)21-18(12)26-16(14)15(22)11-7-3-5-9-4-1-2-6-10(9)11;/h1-8H,20H2,(H,21,23)(H,24,25);1H. The molecule has 136 valence electrons. The number of carboxylic acid groups (broad SMARTS) is 1. The number of carbonyl (C=O) groups is 2. The van der Waals surface area contributed by atoms with Crippen LogP contribution in [0.1, 0.15) is 25.6 Å². The van der Waals surface area contributed by atoms with Crippen LogP contribution in [0.3, 0.4) is 0 Å². The topological polar surface area (TPSA) is 113 Å². The second-order valence-corrected chi connectivity index (χ2v) is 6.78. The summed E-state index contributed by atoms with van der Waals surface area (Å²) < 4.78 is 0. The predicted molar refractivity (Wildman–Crippen MR) is 108 cm³/mol. The Morgan fingerprint density at radius 3 is 2.44 bits per heavy atom. The van der Waals surface area contributed by atoms with Gasteiger partial charge in [-0.2, -0.15) is 0 Å². The minimum atomic E-state index is -1.35. The predicted octanol–water partition coefficient (Wildman–Crippen LogP) is 3.68. The summed E-state index contributed by atoms with van der Waals surface area (Å²) in [5, 5.41) is 11.2. The molecule has 2 aromatic heterocycles. The van der Waals surface area contributed by atoms with Gasteiger partial charge in [-0.3, -0.25) is 9.59 Å². The lowest BCUT2D eigenvalue weighted by Crippen LogP contribution is -2.16. The number of rotatable bonds is 3. The Morgan fingerprint density at radius 2 is 1.70 bits per heavy atom. The van der Waals surface area contributed by atoms with Gasteiger partial charge < -0.3 is 15.8 Å². The Labute approximate surface area is 162 Å². The Hall–Kier alpha value is -3.16. The number of nitrogens with one attached hydrogen (secondary N) is 1. The number of carbonyl (C=O) groups excluding carboxylic acids is 1. The van der Waals surface area contributed by atoms with Gasteiger partial charge in [0.15, 0.2) is 0 Å². The van der Waals surface area contributed by atoms with Crippen LogP contribution in [0.4, 0.5) is 5.69 Å². The number of aromatic nitrogens is 1. The molecule has 0 unspecified atom stereocenters. The molecule has 0 fully saturated rings. The lowest BCUT2D eigenvalue weighted by atomic mass is 10.00. The first-order valence-electron chi connectivity index (χ1n) is 7.68. The summed E-state index contributed by atoms with van der Waals surface area (Å²) in [7, 11) is 0. The van der Waals surface area contributed by atoms with Gasteiger partial charge in [0.25, 0.3) is 5.56 Å². The number of benzene rings is 2. The van der Waals surface area contributed by atoms with Crippen molar-refractivity contribution in [3.8, 4) is 0 Å². The fourth-order valence-electron chi connectivity index (χ4n) is 2.95. The molecule has 2 heterocycles. The van der Waals surface area contributed by atoms with Crippen molar-refractivity contribution >= 4 is 62.2 Å². The van der Waals surface area contributed by atoms with Gasteiger partial charge in [-0.1, -0.05) is 42.5 Å². The number of halogens is 1. The van der Waals surface area contributed by atoms with Crippen LogP contribution >= 0.6 is 23.7 Å². The molecule has 4 aromatic rings. The van der Waals surface area contributed by atoms with Gasteiger partial charge >= 0.3 is 5.97 Å². The highest BCUT2D eigenvalue weighted by molar-refractivity contribution is 7.21. The van der Waals surface area contributed by atoms with Crippen LogP contribution in [-0.2, 0) is 0 Å². The number of hydrogen-bond acceptors (Lipinski definition) is 5. The Bertz CT molecular complexity index is 1270. The normalized spacial score (nSPS) is 10.7. The van der Waals surface area contributed by atoms with Crippen molar-refractivity contribution in [3.05, 3.63) is 74.9 Å². The first kappa shape index (κ1) is 18.6. The number of thiophene rings is 1. The zero-order chi connectivity index (χ0) is 18.4. The molecular formula is C19H13ClN2O4S. The van der Waals surface area contributed by atoms with Crippen LogP contribution in [0.25, 0.3) is 21.0 Å². The van der Waals surface area contributed by atoms with E-state index >= 15 is 0 Å². The fourth-order valence-corrected chi connectivity index (χ4v) is 4.00. The monoisotopic (exact) mass is 400 g/mol. The van der Waals surface area contributed by atoms with Gasteiger partial charge in [0.1, 0.15) is 15.3 Å². The summed E-state index contributed by atoms with van der Waals surface area (Å²) in [6.45, 7) is 0. The van der Waals surface area contributed by atoms with E-state index in [-0.39, 0.29) is 28.8 Å². The SMILES string of the molecule is Cl.Nc1c(C(=O)c2cccc3ccccc23)sc2[nH]c(=O)c(C(=O)O)cc12. The molecule has 4 rings (SSSR count). The first-order valence-corrected chi connectivity index (χ1v) is 8.50. The molecule has 0 atom stereocenters. The van der Waals surface area contributed by atoms with Crippen LogP contribution in [0.15, 0.2) is 53.3 Å². The largest absolute Gasteiger partial charge is 0.477 e. The lowest BCUT2D eigenvalue weighted by molar-refractivity contribution is 0.0695. The van der Waals surface area contributed by atoms with Crippen molar-refractivity contribution in [1.29, 1.82) is 0 Å². The molecule has 8 heteroatoms. The van der Waals surface area contributed by atoms with E-state index < -0.39 is 17.1 Å². The van der Waals surface area contributed by atoms with Crippen molar-refractivity contribution in [1.82, 2.24) is 4.98 Å². The van der Waals surface area contributed by atoms with Crippen LogP contribution in [0.2, 0.25) is 0 Å². The molecule has 0 radical (unpaired) electrons. The fraction of sp³-hybridized carbons (Fsp3) is 0. The summed E-state index contributed by atoms with van der Waals surface area (Å²) in [5.41, 5.74) is 5.65. The third-order valence-electron chi connectivity index (χ3n) is 4.21. The smallest absolute Gasteiger partial charge is 0.341 e. The average Bonchev–Trinajstić information content (AvgIpc) is 2.95. The molecule has 0 aliphatic heterocycles. The van der Waals surface area contributed by atoms with E-state index in [1.807, 2.05) is 30.3 Å².